The van der Waals surface area contributed by atoms with E-state index in [4.69, 9.17) is 9.47 Å². The summed E-state index contributed by atoms with van der Waals surface area (Å²) in [5.41, 5.74) is 0.947. The van der Waals surface area contributed by atoms with Gasteiger partial charge in [0, 0.05) is 19.5 Å². The van der Waals surface area contributed by atoms with Crippen LogP contribution in [-0.2, 0) is 16.1 Å². The number of ether oxygens (including phenoxy) is 2. The summed E-state index contributed by atoms with van der Waals surface area (Å²) >= 11 is 0. The molecule has 0 spiro atoms. The van der Waals surface area contributed by atoms with Crippen LogP contribution in [0.1, 0.15) is 18.4 Å². The zero-order valence-electron chi connectivity index (χ0n) is 9.85. The number of amides is 1. The topological polar surface area (TPSA) is 55.8 Å². The van der Waals surface area contributed by atoms with E-state index in [0.29, 0.717) is 25.3 Å². The van der Waals surface area contributed by atoms with Gasteiger partial charge in [-0.05, 0) is 24.1 Å². The molecule has 0 atom stereocenters. The molecule has 1 amide bonds. The quantitative estimate of drug-likeness (QED) is 0.734. The minimum absolute atomic E-state index is 0.236. The number of nitrogens with zero attached hydrogens (tertiary/aromatic N) is 1. The van der Waals surface area contributed by atoms with Crippen molar-refractivity contribution in [1.29, 1.82) is 0 Å². The molecule has 0 aliphatic carbocycles. The first-order chi connectivity index (χ1) is 8.74. The molecule has 5 nitrogen and oxygen atoms in total. The first kappa shape index (κ1) is 11.1. The summed E-state index contributed by atoms with van der Waals surface area (Å²) in [6.45, 7) is 1.32. The number of hydrogen-bond acceptors (Lipinski definition) is 4. The highest BCUT2D eigenvalue weighted by molar-refractivity contribution is 6.36. The zero-order chi connectivity index (χ0) is 12.5. The maximum Gasteiger partial charge on any atom is 0.290 e. The van der Waals surface area contributed by atoms with E-state index >= 15 is 0 Å². The molecule has 1 fully saturated rings. The van der Waals surface area contributed by atoms with E-state index in [1.54, 1.807) is 4.90 Å². The molecule has 2 aliphatic rings. The Morgan fingerprint density at radius 3 is 2.89 bits per heavy atom. The highest BCUT2D eigenvalue weighted by Gasteiger charge is 2.26. The Labute approximate surface area is 104 Å². The van der Waals surface area contributed by atoms with Crippen molar-refractivity contribution < 1.29 is 19.1 Å². The van der Waals surface area contributed by atoms with E-state index in [1.165, 1.54) is 0 Å². The second kappa shape index (κ2) is 4.33. The van der Waals surface area contributed by atoms with Gasteiger partial charge in [-0.25, -0.2) is 0 Å². The van der Waals surface area contributed by atoms with E-state index < -0.39 is 0 Å². The molecule has 0 radical (unpaired) electrons. The number of carbonyl (C=O) groups excluding carboxylic acids is 2. The Morgan fingerprint density at radius 1 is 1.17 bits per heavy atom. The Kier molecular flexibility index (Phi) is 2.66. The molecule has 0 saturated carbocycles. The van der Waals surface area contributed by atoms with Crippen LogP contribution in [0.15, 0.2) is 18.2 Å². The molecule has 3 rings (SSSR count). The van der Waals surface area contributed by atoms with Crippen LogP contribution in [0.3, 0.4) is 0 Å². The van der Waals surface area contributed by atoms with Crippen molar-refractivity contribution in [2.45, 2.75) is 19.4 Å². The van der Waals surface area contributed by atoms with Crippen LogP contribution >= 0.6 is 0 Å². The van der Waals surface area contributed by atoms with Crippen molar-refractivity contribution in [2.24, 2.45) is 0 Å². The Morgan fingerprint density at radius 2 is 2.00 bits per heavy atom. The molecular formula is C13H13NO4. The van der Waals surface area contributed by atoms with Crippen molar-refractivity contribution in [3.05, 3.63) is 23.8 Å². The number of rotatable bonds is 2. The first-order valence-corrected chi connectivity index (χ1v) is 5.95. The monoisotopic (exact) mass is 247 g/mol. The second-order valence-corrected chi connectivity index (χ2v) is 4.44. The van der Waals surface area contributed by atoms with Crippen LogP contribution in [0.25, 0.3) is 0 Å². The molecule has 0 bridgehead atoms. The van der Waals surface area contributed by atoms with E-state index in [-0.39, 0.29) is 18.5 Å². The van der Waals surface area contributed by atoms with Crippen LogP contribution in [0, 0.1) is 0 Å². The summed E-state index contributed by atoms with van der Waals surface area (Å²) in [6.07, 6.45) is 1.12. The number of carbonyl (C=O) groups is 2. The summed E-state index contributed by atoms with van der Waals surface area (Å²) in [6, 6.07) is 5.57. The second-order valence-electron chi connectivity index (χ2n) is 4.44. The van der Waals surface area contributed by atoms with Gasteiger partial charge in [-0.15, -0.1) is 0 Å². The molecule has 0 unspecified atom stereocenters. The predicted molar refractivity (Wildman–Crippen MR) is 62.2 cm³/mol. The number of ketones is 1. The first-order valence-electron chi connectivity index (χ1n) is 5.95. The van der Waals surface area contributed by atoms with Crippen molar-refractivity contribution in [3.8, 4) is 11.5 Å². The molecule has 1 saturated heterocycles. The van der Waals surface area contributed by atoms with Crippen molar-refractivity contribution >= 4 is 11.7 Å². The molecule has 2 heterocycles. The largest absolute Gasteiger partial charge is 0.454 e. The molecule has 0 aromatic heterocycles. The number of piperidine rings is 1. The highest BCUT2D eigenvalue weighted by atomic mass is 16.7. The molecule has 1 aromatic rings. The molecule has 0 N–H and O–H groups in total. The fraction of sp³-hybridized carbons (Fsp3) is 0.385. The minimum Gasteiger partial charge on any atom is -0.454 e. The fourth-order valence-electron chi connectivity index (χ4n) is 2.23. The SMILES string of the molecule is O=C1CCCN(Cc2ccc3c(c2)OCO3)C1=O. The fourth-order valence-corrected chi connectivity index (χ4v) is 2.23. The summed E-state index contributed by atoms with van der Waals surface area (Å²) < 4.78 is 10.5. The Hall–Kier alpha value is -2.04. The van der Waals surface area contributed by atoms with Gasteiger partial charge in [0.25, 0.3) is 5.91 Å². The molecule has 94 valence electrons. The standard InChI is InChI=1S/C13H13NO4/c15-10-2-1-5-14(13(10)16)7-9-3-4-11-12(6-9)18-8-17-11/h3-4,6H,1-2,5,7-8H2. The third-order valence-electron chi connectivity index (χ3n) is 3.17. The molecule has 2 aliphatic heterocycles. The van der Waals surface area contributed by atoms with Gasteiger partial charge in [0.1, 0.15) is 0 Å². The van der Waals surface area contributed by atoms with Crippen molar-refractivity contribution in [2.75, 3.05) is 13.3 Å². The number of hydrogen-bond donors (Lipinski definition) is 0. The van der Waals surface area contributed by atoms with E-state index in [0.717, 1.165) is 17.7 Å². The Bertz CT molecular complexity index is 512. The van der Waals surface area contributed by atoms with E-state index in [1.807, 2.05) is 18.2 Å². The lowest BCUT2D eigenvalue weighted by Gasteiger charge is -2.25. The Balaban J connectivity index is 1.76. The number of likely N-dealkylation sites (tertiary alicyclic amines) is 1. The van der Waals surface area contributed by atoms with Gasteiger partial charge in [0.2, 0.25) is 12.6 Å². The normalized spacial score (nSPS) is 18.3. The molecule has 18 heavy (non-hydrogen) atoms. The molecule has 1 aromatic carbocycles. The summed E-state index contributed by atoms with van der Waals surface area (Å²) in [5, 5.41) is 0. The number of Topliss-reactive ketones (excluding diaryl/α,β-unsaturated/α-hetero) is 1. The molecular weight excluding hydrogens is 234 g/mol. The zero-order valence-corrected chi connectivity index (χ0v) is 9.85. The average Bonchev–Trinajstić information content (AvgIpc) is 2.82. The third-order valence-corrected chi connectivity index (χ3v) is 3.17. The number of benzene rings is 1. The van der Waals surface area contributed by atoms with Crippen LogP contribution in [0.2, 0.25) is 0 Å². The lowest BCUT2D eigenvalue weighted by Crippen LogP contribution is -2.40. The van der Waals surface area contributed by atoms with Gasteiger partial charge in [-0.1, -0.05) is 6.07 Å². The summed E-state index contributed by atoms with van der Waals surface area (Å²) in [4.78, 5) is 24.6. The van der Waals surface area contributed by atoms with Gasteiger partial charge in [-0.2, -0.15) is 0 Å². The van der Waals surface area contributed by atoms with Gasteiger partial charge < -0.3 is 14.4 Å². The van der Waals surface area contributed by atoms with Crippen LogP contribution in [0.4, 0.5) is 0 Å². The lowest BCUT2D eigenvalue weighted by atomic mass is 10.1. The van der Waals surface area contributed by atoms with Crippen LogP contribution < -0.4 is 9.47 Å². The van der Waals surface area contributed by atoms with Crippen LogP contribution in [0.5, 0.6) is 11.5 Å². The van der Waals surface area contributed by atoms with Gasteiger partial charge in [0.05, 0.1) is 0 Å². The van der Waals surface area contributed by atoms with Gasteiger partial charge >= 0.3 is 0 Å². The smallest absolute Gasteiger partial charge is 0.290 e. The summed E-state index contributed by atoms with van der Waals surface area (Å²) in [7, 11) is 0. The average molecular weight is 247 g/mol. The number of fused-ring (bicyclic) bond motifs is 1. The third kappa shape index (κ3) is 1.92. The lowest BCUT2D eigenvalue weighted by molar-refractivity contribution is -0.147. The maximum atomic E-state index is 11.7. The van der Waals surface area contributed by atoms with Crippen molar-refractivity contribution in [3.63, 3.8) is 0 Å². The highest BCUT2D eigenvalue weighted by Crippen LogP contribution is 2.32. The summed E-state index contributed by atoms with van der Waals surface area (Å²) in [5.74, 6) is 0.754. The van der Waals surface area contributed by atoms with Crippen molar-refractivity contribution in [1.82, 2.24) is 4.90 Å². The van der Waals surface area contributed by atoms with Gasteiger partial charge in [0.15, 0.2) is 11.5 Å². The molecule has 5 heteroatoms. The van der Waals surface area contributed by atoms with Crippen LogP contribution in [-0.4, -0.2) is 29.9 Å². The van der Waals surface area contributed by atoms with E-state index in [2.05, 4.69) is 0 Å². The van der Waals surface area contributed by atoms with E-state index in [9.17, 15) is 9.59 Å². The maximum absolute atomic E-state index is 11.7. The van der Waals surface area contributed by atoms with Gasteiger partial charge in [-0.3, -0.25) is 9.59 Å². The predicted octanol–water partition coefficient (Wildman–Crippen LogP) is 1.11. The minimum atomic E-state index is -0.376.